The molecule has 1 aromatic carbocycles. The quantitative estimate of drug-likeness (QED) is 0.774. The van der Waals surface area contributed by atoms with Crippen molar-refractivity contribution in [2.45, 2.75) is 20.8 Å². The van der Waals surface area contributed by atoms with Crippen LogP contribution in [0.1, 0.15) is 16.8 Å². The second-order valence-electron chi connectivity index (χ2n) is 4.30. The number of aryl methyl sites for hydroxylation is 3. The molecule has 0 aliphatic rings. The maximum atomic E-state index is 5.78. The lowest BCUT2D eigenvalue weighted by atomic mass is 10.2. The summed E-state index contributed by atoms with van der Waals surface area (Å²) in [5, 5.41) is 3.27. The molecule has 0 fully saturated rings. The number of nitrogen functional groups attached to an aromatic ring is 1. The van der Waals surface area contributed by atoms with E-state index in [9.17, 15) is 0 Å². The smallest absolute Gasteiger partial charge is 0.130 e. The van der Waals surface area contributed by atoms with Gasteiger partial charge in [0.1, 0.15) is 5.82 Å². The van der Waals surface area contributed by atoms with E-state index in [0.29, 0.717) is 0 Å². The Labute approximate surface area is 102 Å². The average molecular weight is 227 g/mol. The van der Waals surface area contributed by atoms with Gasteiger partial charge in [-0.1, -0.05) is 6.07 Å². The largest absolute Gasteiger partial charge is 0.399 e. The highest BCUT2D eigenvalue weighted by Gasteiger charge is 2.00. The fraction of sp³-hybridized carbons (Fsp3) is 0.214. The molecule has 0 aliphatic heterocycles. The third kappa shape index (κ3) is 2.56. The monoisotopic (exact) mass is 227 g/mol. The van der Waals surface area contributed by atoms with Gasteiger partial charge in [-0.3, -0.25) is 0 Å². The van der Waals surface area contributed by atoms with Gasteiger partial charge in [0, 0.05) is 17.1 Å². The summed E-state index contributed by atoms with van der Waals surface area (Å²) in [6.07, 6.45) is 0. The van der Waals surface area contributed by atoms with Crippen LogP contribution < -0.4 is 11.1 Å². The Morgan fingerprint density at radius 1 is 1.00 bits per heavy atom. The normalized spacial score (nSPS) is 10.3. The molecule has 1 heterocycles. The number of hydrogen-bond acceptors (Lipinski definition) is 3. The van der Waals surface area contributed by atoms with E-state index in [1.54, 1.807) is 0 Å². The predicted molar refractivity (Wildman–Crippen MR) is 72.6 cm³/mol. The minimum atomic E-state index is 0.809. The molecular formula is C14H17N3. The van der Waals surface area contributed by atoms with E-state index in [4.69, 9.17) is 5.73 Å². The van der Waals surface area contributed by atoms with Crippen molar-refractivity contribution in [3.8, 4) is 0 Å². The summed E-state index contributed by atoms with van der Waals surface area (Å²) in [6.45, 7) is 6.06. The third-order valence-electron chi connectivity index (χ3n) is 2.89. The van der Waals surface area contributed by atoms with Crippen LogP contribution in [0.4, 0.5) is 17.2 Å². The predicted octanol–water partition coefficient (Wildman–Crippen LogP) is 3.33. The Hall–Kier alpha value is -2.03. The minimum absolute atomic E-state index is 0.809. The van der Waals surface area contributed by atoms with Gasteiger partial charge in [-0.15, -0.1) is 0 Å². The first-order valence-electron chi connectivity index (χ1n) is 5.63. The van der Waals surface area contributed by atoms with Gasteiger partial charge >= 0.3 is 0 Å². The van der Waals surface area contributed by atoms with Crippen LogP contribution in [0, 0.1) is 20.8 Å². The Kier molecular flexibility index (Phi) is 3.00. The first-order chi connectivity index (χ1) is 8.06. The van der Waals surface area contributed by atoms with E-state index in [-0.39, 0.29) is 0 Å². The zero-order chi connectivity index (χ0) is 12.4. The summed E-state index contributed by atoms with van der Waals surface area (Å²) in [7, 11) is 0. The van der Waals surface area contributed by atoms with Gasteiger partial charge in [-0.25, -0.2) is 4.98 Å². The van der Waals surface area contributed by atoms with Crippen molar-refractivity contribution < 1.29 is 0 Å². The first kappa shape index (κ1) is 11.5. The third-order valence-corrected chi connectivity index (χ3v) is 2.89. The van der Waals surface area contributed by atoms with Crippen LogP contribution >= 0.6 is 0 Å². The fourth-order valence-electron chi connectivity index (χ4n) is 1.60. The first-order valence-corrected chi connectivity index (χ1v) is 5.63. The Morgan fingerprint density at radius 2 is 1.76 bits per heavy atom. The zero-order valence-electron chi connectivity index (χ0n) is 10.4. The molecule has 0 saturated heterocycles. The second-order valence-corrected chi connectivity index (χ2v) is 4.30. The summed E-state index contributed by atoms with van der Waals surface area (Å²) in [5.74, 6) is 0.859. The molecule has 0 radical (unpaired) electrons. The molecule has 2 rings (SSSR count). The number of aromatic nitrogens is 1. The molecule has 2 aromatic rings. The number of hydrogen-bond donors (Lipinski definition) is 2. The van der Waals surface area contributed by atoms with Gasteiger partial charge in [0.05, 0.1) is 0 Å². The SMILES string of the molecule is Cc1cc(Nc2ccc(C)c(C)n2)ccc1N. The zero-order valence-corrected chi connectivity index (χ0v) is 10.4. The van der Waals surface area contributed by atoms with Gasteiger partial charge < -0.3 is 11.1 Å². The summed E-state index contributed by atoms with van der Waals surface area (Å²) >= 11 is 0. The number of rotatable bonds is 2. The van der Waals surface area contributed by atoms with Gasteiger partial charge in [0.25, 0.3) is 0 Å². The van der Waals surface area contributed by atoms with Crippen LogP contribution in [0.2, 0.25) is 0 Å². The molecule has 0 bridgehead atoms. The molecule has 3 N–H and O–H groups in total. The minimum Gasteiger partial charge on any atom is -0.399 e. The van der Waals surface area contributed by atoms with Crippen LogP contribution in [0.3, 0.4) is 0 Å². The van der Waals surface area contributed by atoms with E-state index in [1.165, 1.54) is 5.56 Å². The van der Waals surface area contributed by atoms with E-state index in [1.807, 2.05) is 38.1 Å². The highest BCUT2D eigenvalue weighted by atomic mass is 15.0. The lowest BCUT2D eigenvalue weighted by Crippen LogP contribution is -1.97. The molecule has 17 heavy (non-hydrogen) atoms. The van der Waals surface area contributed by atoms with Crippen LogP contribution in [0.15, 0.2) is 30.3 Å². The molecule has 0 saturated carbocycles. The fourth-order valence-corrected chi connectivity index (χ4v) is 1.60. The molecular weight excluding hydrogens is 210 g/mol. The highest BCUT2D eigenvalue weighted by molar-refractivity contribution is 5.62. The standard InChI is InChI=1S/C14H17N3/c1-9-4-7-14(16-11(9)3)17-12-5-6-13(15)10(2)8-12/h4-8H,15H2,1-3H3,(H,16,17). The molecule has 3 nitrogen and oxygen atoms in total. The van der Waals surface area contributed by atoms with Crippen molar-refractivity contribution in [2.75, 3.05) is 11.1 Å². The molecule has 0 spiro atoms. The average Bonchev–Trinajstić information content (AvgIpc) is 2.29. The van der Waals surface area contributed by atoms with Crippen molar-refractivity contribution in [1.29, 1.82) is 0 Å². The summed E-state index contributed by atoms with van der Waals surface area (Å²) in [6, 6.07) is 9.92. The number of benzene rings is 1. The maximum Gasteiger partial charge on any atom is 0.130 e. The second kappa shape index (κ2) is 4.45. The lowest BCUT2D eigenvalue weighted by molar-refractivity contribution is 1.15. The van der Waals surface area contributed by atoms with Crippen LogP contribution in [0.5, 0.6) is 0 Å². The topological polar surface area (TPSA) is 50.9 Å². The molecule has 0 aliphatic carbocycles. The number of nitrogens with two attached hydrogens (primary N) is 1. The van der Waals surface area contributed by atoms with Crippen molar-refractivity contribution in [3.63, 3.8) is 0 Å². The summed E-state index contributed by atoms with van der Waals surface area (Å²) < 4.78 is 0. The van der Waals surface area contributed by atoms with Crippen molar-refractivity contribution in [3.05, 3.63) is 47.2 Å². The maximum absolute atomic E-state index is 5.78. The van der Waals surface area contributed by atoms with Crippen molar-refractivity contribution >= 4 is 17.2 Å². The molecule has 0 unspecified atom stereocenters. The van der Waals surface area contributed by atoms with Gasteiger partial charge in [-0.2, -0.15) is 0 Å². The van der Waals surface area contributed by atoms with Crippen LogP contribution in [-0.4, -0.2) is 4.98 Å². The number of anilines is 3. The number of nitrogens with zero attached hydrogens (tertiary/aromatic N) is 1. The van der Waals surface area contributed by atoms with Gasteiger partial charge in [0.2, 0.25) is 0 Å². The summed E-state index contributed by atoms with van der Waals surface area (Å²) in [5.41, 5.74) is 10.9. The van der Waals surface area contributed by atoms with E-state index in [2.05, 4.69) is 23.3 Å². The van der Waals surface area contributed by atoms with E-state index >= 15 is 0 Å². The van der Waals surface area contributed by atoms with Crippen LogP contribution in [0.25, 0.3) is 0 Å². The Morgan fingerprint density at radius 3 is 2.41 bits per heavy atom. The molecule has 3 heteroatoms. The highest BCUT2D eigenvalue weighted by Crippen LogP contribution is 2.20. The number of nitrogens with one attached hydrogen (secondary N) is 1. The lowest BCUT2D eigenvalue weighted by Gasteiger charge is -2.09. The van der Waals surface area contributed by atoms with E-state index in [0.717, 1.165) is 28.5 Å². The van der Waals surface area contributed by atoms with Crippen LogP contribution in [-0.2, 0) is 0 Å². The van der Waals surface area contributed by atoms with E-state index < -0.39 is 0 Å². The van der Waals surface area contributed by atoms with Gasteiger partial charge in [0.15, 0.2) is 0 Å². The van der Waals surface area contributed by atoms with Crippen molar-refractivity contribution in [1.82, 2.24) is 4.98 Å². The Bertz CT molecular complexity index is 498. The van der Waals surface area contributed by atoms with Gasteiger partial charge in [-0.05, 0) is 56.2 Å². The molecule has 1 aromatic heterocycles. The molecule has 0 amide bonds. The molecule has 88 valence electrons. The molecule has 0 atom stereocenters. The summed E-state index contributed by atoms with van der Waals surface area (Å²) in [4.78, 5) is 4.48. The Balaban J connectivity index is 2.25. The van der Waals surface area contributed by atoms with Crippen molar-refractivity contribution in [2.24, 2.45) is 0 Å². The number of pyridine rings is 1.